The summed E-state index contributed by atoms with van der Waals surface area (Å²) in [6.45, 7) is 14.5. The minimum absolute atomic E-state index is 0.0304. The van der Waals surface area contributed by atoms with Gasteiger partial charge in [0.15, 0.2) is 0 Å². The molecule has 12 rings (SSSR count). The number of hydrogen-bond acceptors (Lipinski definition) is 0. The zero-order valence-electron chi connectivity index (χ0n) is 34.7. The first-order valence-electron chi connectivity index (χ1n) is 21.3. The van der Waals surface area contributed by atoms with Crippen LogP contribution in [0.25, 0.3) is 88.3 Å². The lowest BCUT2D eigenvalue weighted by Gasteiger charge is -2.26. The molecule has 0 atom stereocenters. The molecule has 59 heavy (non-hydrogen) atoms. The van der Waals surface area contributed by atoms with E-state index >= 15 is 0 Å². The molecule has 9 aromatic carbocycles. The van der Waals surface area contributed by atoms with Gasteiger partial charge in [-0.2, -0.15) is 0 Å². The Morgan fingerprint density at radius 2 is 0.746 bits per heavy atom. The van der Waals surface area contributed by atoms with Crippen molar-refractivity contribution in [2.45, 2.75) is 57.8 Å². The van der Waals surface area contributed by atoms with Crippen LogP contribution in [0, 0.1) is 0 Å². The molecular weight excluding hydrogens is 709 g/mol. The number of rotatable bonds is 3. The molecule has 282 valence electrons. The van der Waals surface area contributed by atoms with E-state index in [0.29, 0.717) is 0 Å². The smallest absolute Gasteiger partial charge is 0.0165 e. The molecular formula is C59H46. The predicted molar refractivity (Wildman–Crippen MR) is 250 cm³/mol. The fourth-order valence-corrected chi connectivity index (χ4v) is 11.8. The Kier molecular flexibility index (Phi) is 6.91. The molecule has 0 heterocycles. The maximum Gasteiger partial charge on any atom is 0.0165 e. The van der Waals surface area contributed by atoms with Crippen molar-refractivity contribution in [3.05, 3.63) is 203 Å². The highest BCUT2D eigenvalue weighted by Gasteiger charge is 2.45. The van der Waals surface area contributed by atoms with Crippen LogP contribution in [0.4, 0.5) is 0 Å². The first kappa shape index (κ1) is 34.5. The summed E-state index contributed by atoms with van der Waals surface area (Å²) in [6.07, 6.45) is 0. The molecule has 0 aliphatic heterocycles. The Morgan fingerprint density at radius 1 is 0.254 bits per heavy atom. The summed E-state index contributed by atoms with van der Waals surface area (Å²) in [7, 11) is 0. The Bertz CT molecular complexity index is 3220. The van der Waals surface area contributed by atoms with Gasteiger partial charge < -0.3 is 0 Å². The van der Waals surface area contributed by atoms with E-state index < -0.39 is 0 Å². The van der Waals surface area contributed by atoms with Crippen molar-refractivity contribution in [3.8, 4) is 66.8 Å². The lowest BCUT2D eigenvalue weighted by Crippen LogP contribution is -2.17. The van der Waals surface area contributed by atoms with E-state index in [-0.39, 0.29) is 16.2 Å². The predicted octanol–water partition coefficient (Wildman–Crippen LogP) is 15.9. The molecule has 0 radical (unpaired) electrons. The largest absolute Gasteiger partial charge is 0.0622 e. The van der Waals surface area contributed by atoms with Crippen LogP contribution in [0.15, 0.2) is 170 Å². The lowest BCUT2D eigenvalue weighted by atomic mass is 9.77. The quantitative estimate of drug-likeness (QED) is 0.158. The summed E-state index contributed by atoms with van der Waals surface area (Å²) in [5.41, 5.74) is 24.3. The monoisotopic (exact) mass is 754 g/mol. The van der Waals surface area contributed by atoms with Crippen LogP contribution in [-0.4, -0.2) is 0 Å². The highest BCUT2D eigenvalue weighted by molar-refractivity contribution is 6.21. The summed E-state index contributed by atoms with van der Waals surface area (Å²) in [5.74, 6) is 0. The molecule has 0 heteroatoms. The van der Waals surface area contributed by atoms with E-state index in [9.17, 15) is 0 Å². The Hall–Kier alpha value is -6.50. The van der Waals surface area contributed by atoms with Gasteiger partial charge in [-0.25, -0.2) is 0 Å². The van der Waals surface area contributed by atoms with E-state index in [2.05, 4.69) is 211 Å². The minimum atomic E-state index is -0.149. The molecule has 0 aromatic heterocycles. The topological polar surface area (TPSA) is 0 Å². The summed E-state index contributed by atoms with van der Waals surface area (Å²) in [4.78, 5) is 0. The second kappa shape index (κ2) is 11.8. The van der Waals surface area contributed by atoms with Gasteiger partial charge in [-0.3, -0.25) is 0 Å². The van der Waals surface area contributed by atoms with Crippen LogP contribution < -0.4 is 0 Å². The van der Waals surface area contributed by atoms with E-state index in [0.717, 1.165) is 0 Å². The van der Waals surface area contributed by atoms with E-state index in [1.165, 1.54) is 122 Å². The highest BCUT2D eigenvalue weighted by Crippen LogP contribution is 2.61. The fraction of sp³-hybridized carbons (Fsp3) is 0.153. The van der Waals surface area contributed by atoms with Crippen molar-refractivity contribution in [2.24, 2.45) is 0 Å². The van der Waals surface area contributed by atoms with E-state index in [1.807, 2.05) is 0 Å². The number of hydrogen-bond donors (Lipinski definition) is 0. The van der Waals surface area contributed by atoms with E-state index in [1.54, 1.807) is 0 Å². The second-order valence-corrected chi connectivity index (χ2v) is 18.8. The maximum atomic E-state index is 2.51. The summed E-state index contributed by atoms with van der Waals surface area (Å²) in [5, 5.41) is 5.16. The Balaban J connectivity index is 1.02. The van der Waals surface area contributed by atoms with Gasteiger partial charge in [-0.1, -0.05) is 199 Å². The third-order valence-electron chi connectivity index (χ3n) is 14.7. The number of fused-ring (bicyclic) bond motifs is 12. The van der Waals surface area contributed by atoms with Crippen molar-refractivity contribution >= 4 is 21.5 Å². The lowest BCUT2D eigenvalue weighted by molar-refractivity contribution is 0.651. The van der Waals surface area contributed by atoms with Crippen molar-refractivity contribution in [2.75, 3.05) is 0 Å². The van der Waals surface area contributed by atoms with Crippen molar-refractivity contribution in [1.29, 1.82) is 0 Å². The van der Waals surface area contributed by atoms with Crippen LogP contribution in [-0.2, 0) is 16.2 Å². The second-order valence-electron chi connectivity index (χ2n) is 18.8. The van der Waals surface area contributed by atoms with Gasteiger partial charge >= 0.3 is 0 Å². The van der Waals surface area contributed by atoms with Crippen LogP contribution in [0.3, 0.4) is 0 Å². The molecule has 0 amide bonds. The summed E-state index contributed by atoms with van der Waals surface area (Å²) in [6, 6.07) is 64.5. The summed E-state index contributed by atoms with van der Waals surface area (Å²) >= 11 is 0. The molecule has 9 aromatic rings. The molecule has 0 saturated heterocycles. The SMILES string of the molecule is CC1(C)c2ccc(-c3cccc4c3C(C)(C)c3ccc5c(c3-4)-c3ccccc3C5(C)C)cc2-c2ccc(-c3c4ccccc4c(-c4ccccc4)c4ccccc34)cc21. The van der Waals surface area contributed by atoms with Gasteiger partial charge in [-0.05, 0) is 134 Å². The van der Waals surface area contributed by atoms with Crippen molar-refractivity contribution < 1.29 is 0 Å². The zero-order chi connectivity index (χ0) is 40.0. The first-order chi connectivity index (χ1) is 28.6. The molecule has 0 unspecified atom stereocenters. The molecule has 0 spiro atoms. The molecule has 0 nitrogen and oxygen atoms in total. The molecule has 0 N–H and O–H groups in total. The first-order valence-corrected chi connectivity index (χ1v) is 21.3. The van der Waals surface area contributed by atoms with Crippen LogP contribution >= 0.6 is 0 Å². The van der Waals surface area contributed by atoms with Gasteiger partial charge in [0, 0.05) is 16.2 Å². The Labute approximate surface area is 347 Å². The van der Waals surface area contributed by atoms with Gasteiger partial charge in [0.2, 0.25) is 0 Å². The van der Waals surface area contributed by atoms with Crippen LogP contribution in [0.1, 0.15) is 74.9 Å². The van der Waals surface area contributed by atoms with Gasteiger partial charge in [0.25, 0.3) is 0 Å². The molecule has 0 fully saturated rings. The highest BCUT2D eigenvalue weighted by atomic mass is 14.5. The molecule has 0 bridgehead atoms. The minimum Gasteiger partial charge on any atom is -0.0622 e. The molecule has 3 aliphatic carbocycles. The molecule has 0 saturated carbocycles. The summed E-state index contributed by atoms with van der Waals surface area (Å²) < 4.78 is 0. The van der Waals surface area contributed by atoms with Gasteiger partial charge in [0.1, 0.15) is 0 Å². The van der Waals surface area contributed by atoms with Crippen molar-refractivity contribution in [3.63, 3.8) is 0 Å². The average Bonchev–Trinajstić information content (AvgIpc) is 3.75. The van der Waals surface area contributed by atoms with Crippen LogP contribution in [0.2, 0.25) is 0 Å². The third kappa shape index (κ3) is 4.50. The van der Waals surface area contributed by atoms with Gasteiger partial charge in [0.05, 0.1) is 0 Å². The zero-order valence-corrected chi connectivity index (χ0v) is 34.7. The van der Waals surface area contributed by atoms with Crippen molar-refractivity contribution in [1.82, 2.24) is 0 Å². The average molecular weight is 755 g/mol. The van der Waals surface area contributed by atoms with E-state index in [4.69, 9.17) is 0 Å². The Morgan fingerprint density at radius 3 is 1.44 bits per heavy atom. The van der Waals surface area contributed by atoms with Crippen LogP contribution in [0.5, 0.6) is 0 Å². The molecule has 3 aliphatic rings. The maximum absolute atomic E-state index is 2.51. The fourth-order valence-electron chi connectivity index (χ4n) is 11.8. The normalized spacial score (nSPS) is 15.7. The third-order valence-corrected chi connectivity index (χ3v) is 14.7. The van der Waals surface area contributed by atoms with Gasteiger partial charge in [-0.15, -0.1) is 0 Å². The standard InChI is InChI=1S/C59H46/c1-57(2)47-26-15-14-23-44(47)54-49(57)31-32-50-55(54)45-25-16-24-38(56(45)59(50,5)6)36-28-30-48-46(33-36)39-29-27-37(34-51(39)58(48,3)4)53-42-21-12-10-19-40(42)52(35-17-8-7-9-18-35)41-20-11-13-22-43(41)53/h7-34H,1-6H3. The number of benzene rings is 9.